The molecule has 1 amide bonds. The van der Waals surface area contributed by atoms with E-state index in [1.165, 1.54) is 11.2 Å². The van der Waals surface area contributed by atoms with Crippen molar-refractivity contribution < 1.29 is 6.17 Å². The van der Waals surface area contributed by atoms with E-state index in [2.05, 4.69) is 9.97 Å². The highest BCUT2D eigenvalue weighted by molar-refractivity contribution is 5.99. The van der Waals surface area contributed by atoms with Gasteiger partial charge in [0.15, 0.2) is 0 Å². The number of hydrogen-bond donors (Lipinski definition) is 0. The minimum absolute atomic E-state index is 0.237. The molecule has 12 heavy (non-hydrogen) atoms. The largest absolute Gasteiger partial charge is 0.299 e. The summed E-state index contributed by atoms with van der Waals surface area (Å²) in [7, 11) is 1.63. The predicted octanol–water partition coefficient (Wildman–Crippen LogP) is 0.304. The number of likely N-dealkylation sites (N-methyl/N-ethyl adjacent to an activating group) is 1. The first-order valence-corrected chi connectivity index (χ1v) is 3.64. The highest BCUT2D eigenvalue weighted by Crippen LogP contribution is 2.25. The number of hydrogen-bond acceptors (Lipinski definition) is 3. The van der Waals surface area contributed by atoms with Crippen LogP contribution in [0.25, 0.3) is 0 Å². The maximum Gasteiger partial charge on any atom is 0.232 e. The van der Waals surface area contributed by atoms with Crippen LogP contribution in [-0.2, 0) is 11.2 Å². The molecule has 2 rings (SSSR count). The van der Waals surface area contributed by atoms with Crippen molar-refractivity contribution in [2.45, 2.75) is 13.3 Å². The van der Waals surface area contributed by atoms with Crippen LogP contribution in [0.15, 0.2) is 6.33 Å². The lowest BCUT2D eigenvalue weighted by molar-refractivity contribution is -0.117. The zero-order chi connectivity index (χ0) is 9.59. The lowest BCUT2D eigenvalue weighted by Gasteiger charge is -2.07. The number of aryl methyl sites for hydroxylation is 1. The molecule has 1 aromatic rings. The van der Waals surface area contributed by atoms with E-state index in [1.807, 2.05) is 0 Å². The van der Waals surface area contributed by atoms with E-state index in [4.69, 9.17) is 1.37 Å². The van der Waals surface area contributed by atoms with Crippen molar-refractivity contribution in [1.82, 2.24) is 9.97 Å². The van der Waals surface area contributed by atoms with Gasteiger partial charge in [-0.25, -0.2) is 9.97 Å². The van der Waals surface area contributed by atoms with Gasteiger partial charge in [0.2, 0.25) is 5.91 Å². The zero-order valence-corrected chi connectivity index (χ0v) is 6.90. The van der Waals surface area contributed by atoms with Gasteiger partial charge >= 0.3 is 0 Å². The lowest BCUT2D eigenvalue weighted by Crippen LogP contribution is -2.21. The van der Waals surface area contributed by atoms with E-state index < -0.39 is 6.40 Å². The van der Waals surface area contributed by atoms with Crippen LogP contribution >= 0.6 is 0 Å². The smallest absolute Gasteiger partial charge is 0.232 e. The Hall–Kier alpha value is -1.45. The number of carbonyl (C=O) groups is 1. The Morgan fingerprint density at radius 2 is 2.42 bits per heavy atom. The third-order valence-electron chi connectivity index (χ3n) is 1.98. The average molecular weight is 165 g/mol. The number of nitrogens with zero attached hydrogens (tertiary/aromatic N) is 3. The molecule has 4 nitrogen and oxygen atoms in total. The number of anilines is 1. The summed E-state index contributed by atoms with van der Waals surface area (Å²) in [6.45, 7) is 1.79. The predicted molar refractivity (Wildman–Crippen MR) is 43.9 cm³/mol. The van der Waals surface area contributed by atoms with Gasteiger partial charge in [-0.1, -0.05) is 0 Å². The molecule has 1 atom stereocenters. The second kappa shape index (κ2) is 2.27. The molecule has 0 spiro atoms. The summed E-state index contributed by atoms with van der Waals surface area (Å²) in [6.07, 6.45) is 0.567. The molecule has 0 radical (unpaired) electrons. The molecule has 1 aromatic heterocycles. The van der Waals surface area contributed by atoms with E-state index in [9.17, 15) is 4.79 Å². The van der Waals surface area contributed by atoms with Crippen LogP contribution in [0.4, 0.5) is 5.82 Å². The van der Waals surface area contributed by atoms with Gasteiger partial charge in [-0.15, -0.1) is 0 Å². The summed E-state index contributed by atoms with van der Waals surface area (Å²) in [5.41, 5.74) is 1.35. The van der Waals surface area contributed by atoms with E-state index >= 15 is 0 Å². The second-order valence-electron chi connectivity index (χ2n) is 2.74. The number of fused-ring (bicyclic) bond motifs is 1. The zero-order valence-electron chi connectivity index (χ0n) is 7.90. The van der Waals surface area contributed by atoms with Crippen molar-refractivity contribution in [1.29, 1.82) is 0 Å². The number of aromatic nitrogens is 2. The van der Waals surface area contributed by atoms with E-state index in [0.717, 1.165) is 0 Å². The molecule has 0 bridgehead atoms. The van der Waals surface area contributed by atoms with Crippen LogP contribution in [0, 0.1) is 6.92 Å². The molecule has 1 aliphatic heterocycles. The number of amides is 1. The van der Waals surface area contributed by atoms with Crippen LogP contribution in [0.3, 0.4) is 0 Å². The summed E-state index contributed by atoms with van der Waals surface area (Å²) < 4.78 is 7.62. The first-order chi connectivity index (χ1) is 6.13. The fraction of sp³-hybridized carbons (Fsp3) is 0.375. The fourth-order valence-corrected chi connectivity index (χ4v) is 1.23. The molecule has 0 fully saturated rings. The minimum atomic E-state index is -0.846. The Morgan fingerprint density at radius 3 is 3.08 bits per heavy atom. The topological polar surface area (TPSA) is 46.1 Å². The highest BCUT2D eigenvalue weighted by Gasteiger charge is 2.26. The Labute approximate surface area is 71.7 Å². The first-order valence-electron chi connectivity index (χ1n) is 4.22. The van der Waals surface area contributed by atoms with Gasteiger partial charge in [0.25, 0.3) is 0 Å². The van der Waals surface area contributed by atoms with E-state index in [0.29, 0.717) is 17.1 Å². The van der Waals surface area contributed by atoms with Gasteiger partial charge in [-0.05, 0) is 6.92 Å². The van der Waals surface area contributed by atoms with Crippen LogP contribution in [0.2, 0.25) is 0 Å². The molecule has 0 aliphatic carbocycles. The monoisotopic (exact) mass is 165 g/mol. The standard InChI is InChI=1S/C8H9N3O/c1-5-6-3-7(12)11(2)8(6)10-4-9-5/h4H,3H2,1-2H3/i3T. The van der Waals surface area contributed by atoms with Crippen molar-refractivity contribution in [3.05, 3.63) is 17.6 Å². The molecule has 0 N–H and O–H groups in total. The lowest BCUT2D eigenvalue weighted by atomic mass is 10.2. The Balaban J connectivity index is 2.66. The molecular weight excluding hydrogens is 154 g/mol. The van der Waals surface area contributed by atoms with Crippen molar-refractivity contribution in [3.8, 4) is 0 Å². The van der Waals surface area contributed by atoms with Crippen LogP contribution < -0.4 is 4.90 Å². The minimum Gasteiger partial charge on any atom is -0.299 e. The molecule has 1 aliphatic rings. The third-order valence-corrected chi connectivity index (χ3v) is 1.98. The van der Waals surface area contributed by atoms with Crippen LogP contribution in [0.5, 0.6) is 0 Å². The molecule has 0 aromatic carbocycles. The average Bonchev–Trinajstić information content (AvgIpc) is 2.33. The fourth-order valence-electron chi connectivity index (χ4n) is 1.23. The van der Waals surface area contributed by atoms with Crippen molar-refractivity contribution in [2.24, 2.45) is 0 Å². The Kier molecular flexibility index (Phi) is 1.15. The van der Waals surface area contributed by atoms with Gasteiger partial charge in [0, 0.05) is 19.7 Å². The van der Waals surface area contributed by atoms with Gasteiger partial charge in [0.05, 0.1) is 6.40 Å². The summed E-state index contributed by atoms with van der Waals surface area (Å²) in [5.74, 6) is 0.330. The first kappa shape index (κ1) is 6.11. The maximum atomic E-state index is 11.4. The van der Waals surface area contributed by atoms with Gasteiger partial charge < -0.3 is 0 Å². The molecule has 62 valence electrons. The maximum absolute atomic E-state index is 11.4. The SMILES string of the molecule is [3H]C1C(=O)N(C)c2ncnc(C)c21. The molecule has 0 saturated heterocycles. The number of carbonyl (C=O) groups excluding carboxylic acids is 1. The van der Waals surface area contributed by atoms with Crippen molar-refractivity contribution in [2.75, 3.05) is 11.9 Å². The van der Waals surface area contributed by atoms with Gasteiger partial charge in [-0.3, -0.25) is 9.69 Å². The van der Waals surface area contributed by atoms with Crippen LogP contribution in [0.1, 0.15) is 12.6 Å². The van der Waals surface area contributed by atoms with Gasteiger partial charge in [-0.2, -0.15) is 0 Å². The highest BCUT2D eigenvalue weighted by atomic mass is 16.2. The summed E-state index contributed by atoms with van der Waals surface area (Å²) >= 11 is 0. The summed E-state index contributed by atoms with van der Waals surface area (Å²) in [4.78, 5) is 20.7. The molecule has 2 heterocycles. The van der Waals surface area contributed by atoms with Crippen molar-refractivity contribution >= 4 is 11.7 Å². The molecule has 4 heteroatoms. The summed E-state index contributed by atoms with van der Waals surface area (Å²) in [6, 6.07) is 0. The van der Waals surface area contributed by atoms with Gasteiger partial charge in [0.1, 0.15) is 12.1 Å². The second-order valence-corrected chi connectivity index (χ2v) is 2.74. The van der Waals surface area contributed by atoms with E-state index in [1.54, 1.807) is 14.0 Å². The quantitative estimate of drug-likeness (QED) is 0.555. The van der Waals surface area contributed by atoms with E-state index in [-0.39, 0.29) is 5.91 Å². The Bertz CT molecular complexity index is 380. The third kappa shape index (κ3) is 0.809. The molecule has 1 unspecified atom stereocenters. The van der Waals surface area contributed by atoms with Crippen LogP contribution in [-0.4, -0.2) is 22.9 Å². The molecule has 0 saturated carbocycles. The number of rotatable bonds is 0. The Morgan fingerprint density at radius 1 is 1.67 bits per heavy atom. The normalized spacial score (nSPS) is 22.5. The summed E-state index contributed by atoms with van der Waals surface area (Å²) in [5, 5.41) is 0. The van der Waals surface area contributed by atoms with Crippen molar-refractivity contribution in [3.63, 3.8) is 0 Å². The molecular formula is C8H9N3O.